The summed E-state index contributed by atoms with van der Waals surface area (Å²) >= 11 is 11.9. The van der Waals surface area contributed by atoms with Crippen molar-refractivity contribution in [2.24, 2.45) is 5.41 Å². The fourth-order valence-electron chi connectivity index (χ4n) is 2.89. The minimum atomic E-state index is -1.11. The lowest BCUT2D eigenvalue weighted by Gasteiger charge is -2.21. The number of benzene rings is 2. The van der Waals surface area contributed by atoms with Crippen molar-refractivity contribution in [1.82, 2.24) is 10.6 Å². The number of imide groups is 2. The molecule has 0 aliphatic carbocycles. The molecule has 5 amide bonds. The van der Waals surface area contributed by atoms with Crippen LogP contribution in [0.4, 0.5) is 10.5 Å². The van der Waals surface area contributed by atoms with Crippen LogP contribution in [0.3, 0.4) is 0 Å². The van der Waals surface area contributed by atoms with Crippen molar-refractivity contribution in [3.8, 4) is 0 Å². The first kappa shape index (κ1) is 21.8. The van der Waals surface area contributed by atoms with Crippen LogP contribution in [0.5, 0.6) is 0 Å². The van der Waals surface area contributed by atoms with Crippen molar-refractivity contribution in [1.29, 1.82) is 0 Å². The summed E-state index contributed by atoms with van der Waals surface area (Å²) in [6.45, 7) is 4.94. The molecule has 3 rings (SSSR count). The topological polar surface area (TPSA) is 95.6 Å². The zero-order chi connectivity index (χ0) is 22.2. The minimum absolute atomic E-state index is 0.129. The third-order valence-electron chi connectivity index (χ3n) is 4.51. The second-order valence-electron chi connectivity index (χ2n) is 7.77. The molecule has 0 saturated heterocycles. The van der Waals surface area contributed by atoms with E-state index in [-0.39, 0.29) is 16.3 Å². The highest BCUT2D eigenvalue weighted by molar-refractivity contribution is 6.36. The summed E-state index contributed by atoms with van der Waals surface area (Å²) in [7, 11) is 0. The number of halogens is 2. The number of nitrogens with one attached hydrogen (secondary N) is 2. The van der Waals surface area contributed by atoms with Crippen LogP contribution in [0.15, 0.2) is 42.5 Å². The number of para-hydroxylation sites is 1. The molecule has 0 fully saturated rings. The van der Waals surface area contributed by atoms with Crippen molar-refractivity contribution < 1.29 is 19.2 Å². The number of fused-ring (bicyclic) bond motifs is 1. The molecule has 1 heterocycles. The number of urea groups is 1. The van der Waals surface area contributed by atoms with Gasteiger partial charge < -0.3 is 5.32 Å². The fraction of sp³-hybridized carbons (Fsp3) is 0.238. The molecule has 156 valence electrons. The van der Waals surface area contributed by atoms with Gasteiger partial charge in [0.25, 0.3) is 11.8 Å². The van der Waals surface area contributed by atoms with Gasteiger partial charge in [-0.25, -0.2) is 9.69 Å². The van der Waals surface area contributed by atoms with Gasteiger partial charge in [0, 0.05) is 16.0 Å². The van der Waals surface area contributed by atoms with E-state index >= 15 is 0 Å². The van der Waals surface area contributed by atoms with Crippen LogP contribution >= 0.6 is 23.2 Å². The molecule has 2 aromatic carbocycles. The predicted molar refractivity (Wildman–Crippen MR) is 114 cm³/mol. The zero-order valence-electron chi connectivity index (χ0n) is 16.5. The number of carbonyl (C=O) groups excluding carboxylic acids is 4. The van der Waals surface area contributed by atoms with Crippen LogP contribution < -0.4 is 15.5 Å². The molecule has 1 atom stereocenters. The number of carbonyl (C=O) groups is 4. The first-order chi connectivity index (χ1) is 14.0. The van der Waals surface area contributed by atoms with Gasteiger partial charge >= 0.3 is 6.03 Å². The molecule has 0 bridgehead atoms. The third-order valence-corrected chi connectivity index (χ3v) is 5.06. The van der Waals surface area contributed by atoms with E-state index < -0.39 is 35.2 Å². The summed E-state index contributed by atoms with van der Waals surface area (Å²) in [5.41, 5.74) is 0.0299. The molecule has 0 spiro atoms. The monoisotopic (exact) mass is 447 g/mol. The molecule has 1 aliphatic rings. The molecule has 7 nitrogen and oxygen atoms in total. The quantitative estimate of drug-likeness (QED) is 0.724. The van der Waals surface area contributed by atoms with Gasteiger partial charge in [-0.15, -0.1) is 0 Å². The van der Waals surface area contributed by atoms with Gasteiger partial charge in [-0.3, -0.25) is 19.7 Å². The van der Waals surface area contributed by atoms with Gasteiger partial charge in [0.1, 0.15) is 6.04 Å². The Balaban J connectivity index is 1.89. The summed E-state index contributed by atoms with van der Waals surface area (Å²) in [5.74, 6) is -1.81. The van der Waals surface area contributed by atoms with Crippen molar-refractivity contribution in [3.05, 3.63) is 63.6 Å². The smallest absolute Gasteiger partial charge is 0.335 e. The summed E-state index contributed by atoms with van der Waals surface area (Å²) in [5, 5.41) is 5.33. The van der Waals surface area contributed by atoms with E-state index in [0.717, 1.165) is 4.90 Å². The Morgan fingerprint density at radius 1 is 1.03 bits per heavy atom. The van der Waals surface area contributed by atoms with Crippen LogP contribution in [0.1, 0.15) is 42.7 Å². The normalized spacial score (nSPS) is 15.6. The van der Waals surface area contributed by atoms with Crippen LogP contribution in [-0.2, 0) is 9.59 Å². The molecule has 0 radical (unpaired) electrons. The van der Waals surface area contributed by atoms with E-state index in [1.165, 1.54) is 18.2 Å². The maximum Gasteiger partial charge on any atom is 0.335 e. The Hall–Kier alpha value is -2.90. The Bertz CT molecular complexity index is 1060. The number of anilines is 1. The third kappa shape index (κ3) is 4.17. The highest BCUT2D eigenvalue weighted by Gasteiger charge is 2.42. The Kier molecular flexibility index (Phi) is 5.87. The summed E-state index contributed by atoms with van der Waals surface area (Å²) in [6, 6.07) is 8.89. The zero-order valence-corrected chi connectivity index (χ0v) is 18.0. The van der Waals surface area contributed by atoms with Gasteiger partial charge in [-0.1, -0.05) is 62.2 Å². The van der Waals surface area contributed by atoms with Gasteiger partial charge in [0.05, 0.1) is 16.3 Å². The average molecular weight is 448 g/mol. The van der Waals surface area contributed by atoms with Gasteiger partial charge in [-0.05, 0) is 24.3 Å². The Morgan fingerprint density at radius 2 is 1.70 bits per heavy atom. The SMILES string of the molecule is CC(C)(C)C(=O)NC(=O)N1C(=O)C(NC(=O)c2ccc(Cl)cc2Cl)c2ccccc21. The van der Waals surface area contributed by atoms with Gasteiger partial charge in [0.2, 0.25) is 5.91 Å². The number of nitrogens with zero attached hydrogens (tertiary/aromatic N) is 1. The van der Waals surface area contributed by atoms with E-state index in [4.69, 9.17) is 23.2 Å². The molecule has 9 heteroatoms. The molecular formula is C21H19Cl2N3O4. The summed E-state index contributed by atoms with van der Waals surface area (Å²) in [4.78, 5) is 51.5. The molecule has 1 aliphatic heterocycles. The first-order valence-electron chi connectivity index (χ1n) is 9.05. The van der Waals surface area contributed by atoms with E-state index in [1.807, 2.05) is 0 Å². The Morgan fingerprint density at radius 3 is 2.33 bits per heavy atom. The van der Waals surface area contributed by atoms with E-state index in [9.17, 15) is 19.2 Å². The van der Waals surface area contributed by atoms with Gasteiger partial charge in [-0.2, -0.15) is 0 Å². The molecule has 2 aromatic rings. The summed E-state index contributed by atoms with van der Waals surface area (Å²) < 4.78 is 0. The van der Waals surface area contributed by atoms with Gasteiger partial charge in [0.15, 0.2) is 0 Å². The highest BCUT2D eigenvalue weighted by atomic mass is 35.5. The van der Waals surface area contributed by atoms with Crippen LogP contribution in [0.25, 0.3) is 0 Å². The first-order valence-corrected chi connectivity index (χ1v) is 9.80. The highest BCUT2D eigenvalue weighted by Crippen LogP contribution is 2.36. The lowest BCUT2D eigenvalue weighted by atomic mass is 9.96. The summed E-state index contributed by atoms with van der Waals surface area (Å²) in [6.07, 6.45) is 0. The van der Waals surface area contributed by atoms with Crippen LogP contribution in [-0.4, -0.2) is 23.8 Å². The number of amides is 5. The molecular weight excluding hydrogens is 429 g/mol. The van der Waals surface area contributed by atoms with E-state index in [1.54, 1.807) is 45.0 Å². The van der Waals surface area contributed by atoms with Crippen LogP contribution in [0, 0.1) is 5.41 Å². The maximum atomic E-state index is 13.0. The molecule has 0 aromatic heterocycles. The lowest BCUT2D eigenvalue weighted by molar-refractivity contribution is -0.127. The molecule has 30 heavy (non-hydrogen) atoms. The average Bonchev–Trinajstić information content (AvgIpc) is 2.92. The number of rotatable bonds is 2. The lowest BCUT2D eigenvalue weighted by Crippen LogP contribution is -2.49. The maximum absolute atomic E-state index is 13.0. The van der Waals surface area contributed by atoms with E-state index in [0.29, 0.717) is 10.6 Å². The minimum Gasteiger partial charge on any atom is -0.336 e. The molecule has 2 N–H and O–H groups in total. The van der Waals surface area contributed by atoms with Crippen LogP contribution in [0.2, 0.25) is 10.0 Å². The van der Waals surface area contributed by atoms with Crippen molar-refractivity contribution in [2.75, 3.05) is 4.90 Å². The van der Waals surface area contributed by atoms with E-state index in [2.05, 4.69) is 10.6 Å². The molecule has 1 unspecified atom stereocenters. The van der Waals surface area contributed by atoms with Crippen molar-refractivity contribution >= 4 is 52.6 Å². The van der Waals surface area contributed by atoms with Crippen molar-refractivity contribution in [2.45, 2.75) is 26.8 Å². The standard InChI is InChI=1S/C21H19Cl2N3O4/c1-21(2,3)19(29)25-20(30)26-15-7-5-4-6-13(15)16(18(26)28)24-17(27)12-9-8-11(22)10-14(12)23/h4-10,16H,1-3H3,(H,24,27)(H,25,29,30). The Labute approximate surface area is 183 Å². The fourth-order valence-corrected chi connectivity index (χ4v) is 3.38. The molecule has 0 saturated carbocycles. The number of hydrogen-bond donors (Lipinski definition) is 2. The number of hydrogen-bond acceptors (Lipinski definition) is 4. The van der Waals surface area contributed by atoms with Crippen molar-refractivity contribution in [3.63, 3.8) is 0 Å². The largest absolute Gasteiger partial charge is 0.336 e. The second-order valence-corrected chi connectivity index (χ2v) is 8.62. The second kappa shape index (κ2) is 8.08. The predicted octanol–water partition coefficient (Wildman–Crippen LogP) is 4.09.